The Kier molecular flexibility index (Phi) is 4.85. The summed E-state index contributed by atoms with van der Waals surface area (Å²) >= 11 is 9.71. The number of hydrogen-bond donors (Lipinski definition) is 0. The van der Waals surface area contributed by atoms with E-state index in [1.165, 1.54) is 0 Å². The lowest BCUT2D eigenvalue weighted by Gasteiger charge is -2.34. The van der Waals surface area contributed by atoms with Gasteiger partial charge in [-0.25, -0.2) is 9.97 Å². The largest absolute Gasteiger partial charge is 0.497 e. The summed E-state index contributed by atoms with van der Waals surface area (Å²) in [7, 11) is 3.35. The van der Waals surface area contributed by atoms with E-state index in [1.54, 1.807) is 36.9 Å². The molecule has 0 unspecified atom stereocenters. The molecule has 6 nitrogen and oxygen atoms in total. The number of benzene rings is 2. The number of hydrogen-bond acceptors (Lipinski definition) is 8. The molecule has 9 heteroatoms. The van der Waals surface area contributed by atoms with Gasteiger partial charge in [0.15, 0.2) is 10.3 Å². The predicted molar refractivity (Wildman–Crippen MR) is 122 cm³/mol. The second-order valence-corrected chi connectivity index (χ2v) is 9.12. The fourth-order valence-corrected chi connectivity index (χ4v) is 5.84. The molecule has 0 amide bonds. The SMILES string of the molecule is COc1ccc2nc(N3CCN(c4nc5c(OC)ccc(Cl)c5s4)CC3)sc2c1. The summed E-state index contributed by atoms with van der Waals surface area (Å²) in [5.74, 6) is 1.62. The molecule has 0 saturated carbocycles. The Balaban J connectivity index is 1.35. The zero-order valence-electron chi connectivity index (χ0n) is 16.0. The fourth-order valence-electron chi connectivity index (χ4n) is 3.49. The van der Waals surface area contributed by atoms with Crippen LogP contribution in [0.25, 0.3) is 20.4 Å². The highest BCUT2D eigenvalue weighted by atomic mass is 35.5. The van der Waals surface area contributed by atoms with E-state index in [1.807, 2.05) is 30.3 Å². The highest BCUT2D eigenvalue weighted by Crippen LogP contribution is 2.39. The zero-order chi connectivity index (χ0) is 20.0. The van der Waals surface area contributed by atoms with Crippen molar-refractivity contribution in [3.8, 4) is 11.5 Å². The van der Waals surface area contributed by atoms with E-state index in [0.717, 1.165) is 68.4 Å². The van der Waals surface area contributed by atoms with E-state index in [0.29, 0.717) is 5.02 Å². The first-order chi connectivity index (χ1) is 14.2. The number of thiazole rings is 2. The first-order valence-corrected chi connectivity index (χ1v) is 11.2. The molecule has 0 spiro atoms. The normalized spacial score (nSPS) is 14.7. The second kappa shape index (κ2) is 7.51. The molecule has 0 N–H and O–H groups in total. The van der Waals surface area contributed by atoms with Crippen LogP contribution in [0, 0.1) is 0 Å². The third-order valence-corrected chi connectivity index (χ3v) is 7.73. The molecule has 4 aromatic rings. The fraction of sp³-hybridized carbons (Fsp3) is 0.300. The Bertz CT molecular complexity index is 1180. The number of nitrogens with zero attached hydrogens (tertiary/aromatic N) is 4. The van der Waals surface area contributed by atoms with E-state index < -0.39 is 0 Å². The summed E-state index contributed by atoms with van der Waals surface area (Å²) in [5.41, 5.74) is 1.85. The van der Waals surface area contributed by atoms with Crippen LogP contribution in [0.15, 0.2) is 30.3 Å². The molecule has 5 rings (SSSR count). The van der Waals surface area contributed by atoms with Gasteiger partial charge in [-0.1, -0.05) is 34.3 Å². The molecular formula is C20H19ClN4O2S2. The first-order valence-electron chi connectivity index (χ1n) is 9.24. The van der Waals surface area contributed by atoms with Crippen molar-refractivity contribution < 1.29 is 9.47 Å². The molecule has 1 aliphatic heterocycles. The number of methoxy groups -OCH3 is 2. The van der Waals surface area contributed by atoms with Gasteiger partial charge in [-0.05, 0) is 30.3 Å². The van der Waals surface area contributed by atoms with E-state index in [9.17, 15) is 0 Å². The van der Waals surface area contributed by atoms with Crippen molar-refractivity contribution in [3.05, 3.63) is 35.4 Å². The van der Waals surface area contributed by atoms with Crippen molar-refractivity contribution in [1.29, 1.82) is 0 Å². The smallest absolute Gasteiger partial charge is 0.186 e. The Hall–Kier alpha value is -2.29. The highest BCUT2D eigenvalue weighted by molar-refractivity contribution is 7.23. The quantitative estimate of drug-likeness (QED) is 0.444. The van der Waals surface area contributed by atoms with Gasteiger partial charge in [-0.2, -0.15) is 0 Å². The van der Waals surface area contributed by atoms with Gasteiger partial charge in [-0.3, -0.25) is 0 Å². The minimum Gasteiger partial charge on any atom is -0.497 e. The highest BCUT2D eigenvalue weighted by Gasteiger charge is 2.23. The van der Waals surface area contributed by atoms with Crippen LogP contribution in [-0.2, 0) is 0 Å². The minimum absolute atomic E-state index is 0.716. The summed E-state index contributed by atoms with van der Waals surface area (Å²) in [4.78, 5) is 14.3. The van der Waals surface area contributed by atoms with Gasteiger partial charge in [-0.15, -0.1) is 0 Å². The van der Waals surface area contributed by atoms with Crippen molar-refractivity contribution >= 4 is 65.0 Å². The molecule has 150 valence electrons. The zero-order valence-corrected chi connectivity index (χ0v) is 18.4. The van der Waals surface area contributed by atoms with Gasteiger partial charge in [0, 0.05) is 26.2 Å². The maximum Gasteiger partial charge on any atom is 0.186 e. The van der Waals surface area contributed by atoms with Crippen LogP contribution in [0.4, 0.5) is 10.3 Å². The number of halogens is 1. The molecule has 3 heterocycles. The lowest BCUT2D eigenvalue weighted by molar-refractivity contribution is 0.415. The Morgan fingerprint density at radius 3 is 2.31 bits per heavy atom. The number of ether oxygens (including phenoxy) is 2. The summed E-state index contributed by atoms with van der Waals surface area (Å²) < 4.78 is 12.9. The predicted octanol–water partition coefficient (Wildman–Crippen LogP) is 4.90. The van der Waals surface area contributed by atoms with Crippen LogP contribution in [0.5, 0.6) is 11.5 Å². The van der Waals surface area contributed by atoms with Gasteiger partial charge in [0.05, 0.1) is 34.2 Å². The molecule has 0 aliphatic carbocycles. The van der Waals surface area contributed by atoms with E-state index >= 15 is 0 Å². The Labute approximate surface area is 181 Å². The van der Waals surface area contributed by atoms with Crippen LogP contribution < -0.4 is 19.3 Å². The van der Waals surface area contributed by atoms with Crippen molar-refractivity contribution in [2.24, 2.45) is 0 Å². The average Bonchev–Trinajstić information content (AvgIpc) is 3.39. The van der Waals surface area contributed by atoms with Gasteiger partial charge >= 0.3 is 0 Å². The maximum absolute atomic E-state index is 6.37. The molecule has 0 radical (unpaired) electrons. The summed E-state index contributed by atoms with van der Waals surface area (Å²) in [5, 5.41) is 2.76. The van der Waals surface area contributed by atoms with Crippen LogP contribution in [0.2, 0.25) is 5.02 Å². The number of piperazine rings is 1. The standard InChI is InChI=1S/C20H19ClN4O2S2/c1-26-12-3-5-14-16(11-12)28-19(22-14)24-7-9-25(10-8-24)20-23-17-15(27-2)6-4-13(21)18(17)29-20/h3-6,11H,7-10H2,1-2H3. The molecule has 1 fully saturated rings. The summed E-state index contributed by atoms with van der Waals surface area (Å²) in [6, 6.07) is 9.75. The lowest BCUT2D eigenvalue weighted by Crippen LogP contribution is -2.46. The second-order valence-electron chi connectivity index (χ2n) is 6.73. The van der Waals surface area contributed by atoms with E-state index in [2.05, 4.69) is 9.80 Å². The molecule has 0 atom stereocenters. The summed E-state index contributed by atoms with van der Waals surface area (Å²) in [6.45, 7) is 3.58. The number of aromatic nitrogens is 2. The van der Waals surface area contributed by atoms with Gasteiger partial charge in [0.1, 0.15) is 17.0 Å². The molecule has 29 heavy (non-hydrogen) atoms. The first kappa shape index (κ1) is 18.7. The monoisotopic (exact) mass is 446 g/mol. The van der Waals surface area contributed by atoms with Gasteiger partial charge in [0.25, 0.3) is 0 Å². The van der Waals surface area contributed by atoms with Crippen LogP contribution in [0.1, 0.15) is 0 Å². The maximum atomic E-state index is 6.37. The van der Waals surface area contributed by atoms with Crippen LogP contribution >= 0.6 is 34.3 Å². The lowest BCUT2D eigenvalue weighted by atomic mass is 10.3. The average molecular weight is 447 g/mol. The number of fused-ring (bicyclic) bond motifs is 2. The molecule has 1 aliphatic rings. The third-order valence-electron chi connectivity index (χ3n) is 5.07. The topological polar surface area (TPSA) is 50.7 Å². The number of rotatable bonds is 4. The minimum atomic E-state index is 0.716. The van der Waals surface area contributed by atoms with Crippen LogP contribution in [-0.4, -0.2) is 50.4 Å². The van der Waals surface area contributed by atoms with Crippen LogP contribution in [0.3, 0.4) is 0 Å². The molecule has 0 bridgehead atoms. The molecule has 1 saturated heterocycles. The van der Waals surface area contributed by atoms with E-state index in [-0.39, 0.29) is 0 Å². The Morgan fingerprint density at radius 2 is 1.62 bits per heavy atom. The van der Waals surface area contributed by atoms with Gasteiger partial charge < -0.3 is 19.3 Å². The van der Waals surface area contributed by atoms with Crippen molar-refractivity contribution in [3.63, 3.8) is 0 Å². The van der Waals surface area contributed by atoms with Crippen molar-refractivity contribution in [2.45, 2.75) is 0 Å². The molecule has 2 aromatic carbocycles. The third kappa shape index (κ3) is 3.35. The number of anilines is 2. The molecule has 2 aromatic heterocycles. The Morgan fingerprint density at radius 1 is 0.897 bits per heavy atom. The van der Waals surface area contributed by atoms with Crippen molar-refractivity contribution in [1.82, 2.24) is 9.97 Å². The van der Waals surface area contributed by atoms with Crippen molar-refractivity contribution in [2.75, 3.05) is 50.2 Å². The molecular weight excluding hydrogens is 428 g/mol. The van der Waals surface area contributed by atoms with Gasteiger partial charge in [0.2, 0.25) is 0 Å². The van der Waals surface area contributed by atoms with E-state index in [4.69, 9.17) is 31.0 Å². The summed E-state index contributed by atoms with van der Waals surface area (Å²) in [6.07, 6.45) is 0.